The second-order valence-electron chi connectivity index (χ2n) is 8.56. The van der Waals surface area contributed by atoms with Gasteiger partial charge in [0, 0.05) is 17.8 Å². The first-order chi connectivity index (χ1) is 12.8. The van der Waals surface area contributed by atoms with Gasteiger partial charge >= 0.3 is 12.1 Å². The summed E-state index contributed by atoms with van der Waals surface area (Å²) in [5, 5.41) is 6.41. The lowest BCUT2D eigenvalue weighted by atomic mass is 9.78. The minimum Gasteiger partial charge on any atom is -0.469 e. The number of hydrogen-bond acceptors (Lipinski definition) is 5. The van der Waals surface area contributed by atoms with Gasteiger partial charge in [0.25, 0.3) is 0 Å². The van der Waals surface area contributed by atoms with Gasteiger partial charge < -0.3 is 14.8 Å². The first-order valence-electron chi connectivity index (χ1n) is 9.70. The molecule has 0 aromatic heterocycles. The standard InChI is InChI=1S/C21H30N2O4/c1-21(2,3)27-20(25)22-15-10-8-13(9-11-15)18-16(19(24)26-4)12-14-6-5-7-17(14)23-18/h8-11,14,16-18,23H,5-7,12H2,1-4H3,(H,22,25)/t14-,16+,17?,18+/m1/s1. The van der Waals surface area contributed by atoms with Crippen molar-refractivity contribution in [2.24, 2.45) is 11.8 Å². The average Bonchev–Trinajstić information content (AvgIpc) is 3.06. The monoisotopic (exact) mass is 374 g/mol. The van der Waals surface area contributed by atoms with Crippen LogP contribution in [0.25, 0.3) is 0 Å². The van der Waals surface area contributed by atoms with Crippen LogP contribution in [0.3, 0.4) is 0 Å². The molecule has 1 aliphatic carbocycles. The maximum atomic E-state index is 12.3. The van der Waals surface area contributed by atoms with Crippen molar-refractivity contribution >= 4 is 17.7 Å². The Morgan fingerprint density at radius 3 is 2.48 bits per heavy atom. The summed E-state index contributed by atoms with van der Waals surface area (Å²) in [5.41, 5.74) is 1.16. The summed E-state index contributed by atoms with van der Waals surface area (Å²) in [7, 11) is 1.45. The molecule has 1 unspecified atom stereocenters. The number of amides is 1. The third-order valence-electron chi connectivity index (χ3n) is 5.43. The summed E-state index contributed by atoms with van der Waals surface area (Å²) in [6.45, 7) is 5.48. The molecule has 27 heavy (non-hydrogen) atoms. The first kappa shape index (κ1) is 19.7. The van der Waals surface area contributed by atoms with Gasteiger partial charge in [0.1, 0.15) is 5.60 Å². The maximum Gasteiger partial charge on any atom is 0.412 e. The van der Waals surface area contributed by atoms with Crippen molar-refractivity contribution in [2.45, 2.75) is 64.1 Å². The topological polar surface area (TPSA) is 76.7 Å². The third-order valence-corrected chi connectivity index (χ3v) is 5.43. The average molecular weight is 374 g/mol. The van der Waals surface area contributed by atoms with E-state index in [0.717, 1.165) is 18.4 Å². The molecule has 1 saturated heterocycles. The van der Waals surface area contributed by atoms with Crippen LogP contribution < -0.4 is 10.6 Å². The minimum atomic E-state index is -0.540. The Labute approximate surface area is 161 Å². The van der Waals surface area contributed by atoms with Gasteiger partial charge in [-0.1, -0.05) is 18.6 Å². The molecular weight excluding hydrogens is 344 g/mol. The van der Waals surface area contributed by atoms with Gasteiger partial charge in [-0.3, -0.25) is 10.1 Å². The van der Waals surface area contributed by atoms with E-state index in [0.29, 0.717) is 17.6 Å². The summed E-state index contributed by atoms with van der Waals surface area (Å²) in [6.07, 6.45) is 3.94. The molecule has 0 bridgehead atoms. The number of esters is 1. The summed E-state index contributed by atoms with van der Waals surface area (Å²) in [5.74, 6) is 0.214. The zero-order chi connectivity index (χ0) is 19.6. The van der Waals surface area contributed by atoms with Crippen molar-refractivity contribution < 1.29 is 19.1 Å². The Morgan fingerprint density at radius 2 is 1.85 bits per heavy atom. The highest BCUT2D eigenvalue weighted by atomic mass is 16.6. The number of ether oxygens (including phenoxy) is 2. The van der Waals surface area contributed by atoms with Crippen LogP contribution in [0.5, 0.6) is 0 Å². The van der Waals surface area contributed by atoms with E-state index in [2.05, 4.69) is 10.6 Å². The fourth-order valence-electron chi connectivity index (χ4n) is 4.25. The van der Waals surface area contributed by atoms with Crippen LogP contribution in [0.1, 0.15) is 58.1 Å². The highest BCUT2D eigenvalue weighted by molar-refractivity contribution is 5.84. The van der Waals surface area contributed by atoms with Crippen LogP contribution in [0.4, 0.5) is 10.5 Å². The molecule has 1 saturated carbocycles. The van der Waals surface area contributed by atoms with Crippen LogP contribution in [0, 0.1) is 11.8 Å². The van der Waals surface area contributed by atoms with E-state index in [1.807, 2.05) is 45.0 Å². The molecule has 2 N–H and O–H groups in total. The first-order valence-corrected chi connectivity index (χ1v) is 9.70. The molecule has 6 nitrogen and oxygen atoms in total. The molecule has 6 heteroatoms. The molecule has 1 aromatic carbocycles. The van der Waals surface area contributed by atoms with Crippen LogP contribution in [0.2, 0.25) is 0 Å². The van der Waals surface area contributed by atoms with Crippen molar-refractivity contribution in [3.05, 3.63) is 29.8 Å². The van der Waals surface area contributed by atoms with Gasteiger partial charge in [0.05, 0.1) is 13.0 Å². The fraction of sp³-hybridized carbons (Fsp3) is 0.619. The smallest absolute Gasteiger partial charge is 0.412 e. The molecule has 0 radical (unpaired) electrons. The number of fused-ring (bicyclic) bond motifs is 1. The number of rotatable bonds is 3. The molecule has 0 spiro atoms. The van der Waals surface area contributed by atoms with Crippen molar-refractivity contribution in [1.82, 2.24) is 5.32 Å². The number of anilines is 1. The van der Waals surface area contributed by atoms with E-state index in [1.165, 1.54) is 20.0 Å². The number of piperidine rings is 1. The lowest BCUT2D eigenvalue weighted by Gasteiger charge is -2.38. The minimum absolute atomic E-state index is 0.0626. The Balaban J connectivity index is 1.72. The molecule has 3 rings (SSSR count). The van der Waals surface area contributed by atoms with E-state index in [-0.39, 0.29) is 17.9 Å². The predicted molar refractivity (Wildman–Crippen MR) is 103 cm³/mol. The molecule has 1 amide bonds. The van der Waals surface area contributed by atoms with E-state index < -0.39 is 11.7 Å². The van der Waals surface area contributed by atoms with Crippen LogP contribution in [0.15, 0.2) is 24.3 Å². The summed E-state index contributed by atoms with van der Waals surface area (Å²) in [6, 6.07) is 8.00. The van der Waals surface area contributed by atoms with Gasteiger partial charge in [-0.2, -0.15) is 0 Å². The number of hydrogen-bond donors (Lipinski definition) is 2. The van der Waals surface area contributed by atoms with Gasteiger partial charge in [-0.25, -0.2) is 4.79 Å². The predicted octanol–water partition coefficient (Wildman–Crippen LogP) is 4.03. The highest BCUT2D eigenvalue weighted by Crippen LogP contribution is 2.42. The second-order valence-corrected chi connectivity index (χ2v) is 8.56. The van der Waals surface area contributed by atoms with Crippen molar-refractivity contribution in [1.29, 1.82) is 0 Å². The Hall–Kier alpha value is -2.08. The van der Waals surface area contributed by atoms with E-state index in [4.69, 9.17) is 9.47 Å². The van der Waals surface area contributed by atoms with E-state index in [1.54, 1.807) is 0 Å². The molecule has 4 atom stereocenters. The third kappa shape index (κ3) is 4.80. The Kier molecular flexibility index (Phi) is 5.75. The summed E-state index contributed by atoms with van der Waals surface area (Å²) >= 11 is 0. The van der Waals surface area contributed by atoms with E-state index >= 15 is 0 Å². The summed E-state index contributed by atoms with van der Waals surface area (Å²) < 4.78 is 10.3. The molecule has 1 aliphatic heterocycles. The van der Waals surface area contributed by atoms with Gasteiger partial charge in [0.15, 0.2) is 0 Å². The number of carbonyl (C=O) groups excluding carboxylic acids is 2. The fourth-order valence-corrected chi connectivity index (χ4v) is 4.25. The normalized spacial score (nSPS) is 27.6. The van der Waals surface area contributed by atoms with Crippen LogP contribution >= 0.6 is 0 Å². The lowest BCUT2D eigenvalue weighted by molar-refractivity contribution is -0.148. The molecule has 2 fully saturated rings. The molecule has 2 aliphatic rings. The summed E-state index contributed by atoms with van der Waals surface area (Å²) in [4.78, 5) is 24.3. The molecular formula is C21H30N2O4. The zero-order valence-electron chi connectivity index (χ0n) is 16.6. The maximum absolute atomic E-state index is 12.3. The number of methoxy groups -OCH3 is 1. The molecule has 1 heterocycles. The van der Waals surface area contributed by atoms with Gasteiger partial charge in [-0.15, -0.1) is 0 Å². The SMILES string of the molecule is COC(=O)[C@H]1C[C@H]2CCCC2N[C@H]1c1ccc(NC(=O)OC(C)(C)C)cc1. The molecule has 1 aromatic rings. The zero-order valence-corrected chi connectivity index (χ0v) is 16.6. The molecule has 148 valence electrons. The van der Waals surface area contributed by atoms with E-state index in [9.17, 15) is 9.59 Å². The largest absolute Gasteiger partial charge is 0.469 e. The number of benzene rings is 1. The number of carbonyl (C=O) groups is 2. The van der Waals surface area contributed by atoms with Gasteiger partial charge in [0.2, 0.25) is 0 Å². The lowest BCUT2D eigenvalue weighted by Crippen LogP contribution is -2.47. The van der Waals surface area contributed by atoms with Crippen LogP contribution in [-0.2, 0) is 14.3 Å². The van der Waals surface area contributed by atoms with Gasteiger partial charge in [-0.05, 0) is 63.6 Å². The number of nitrogens with one attached hydrogen (secondary N) is 2. The highest BCUT2D eigenvalue weighted by Gasteiger charge is 2.43. The van der Waals surface area contributed by atoms with Crippen molar-refractivity contribution in [2.75, 3.05) is 12.4 Å². The quantitative estimate of drug-likeness (QED) is 0.781. The Bertz CT molecular complexity index is 680. The second kappa shape index (κ2) is 7.89. The van der Waals surface area contributed by atoms with Crippen molar-refractivity contribution in [3.63, 3.8) is 0 Å². The van der Waals surface area contributed by atoms with Crippen molar-refractivity contribution in [3.8, 4) is 0 Å². The van der Waals surface area contributed by atoms with Crippen LogP contribution in [-0.4, -0.2) is 30.8 Å². The Morgan fingerprint density at radius 1 is 1.15 bits per heavy atom.